The summed E-state index contributed by atoms with van der Waals surface area (Å²) in [6.45, 7) is 3.90. The molecule has 2 aromatic carbocycles. The molecule has 0 aromatic heterocycles. The first-order chi connectivity index (χ1) is 11.2. The Hall–Kier alpha value is -1.84. The van der Waals surface area contributed by atoms with E-state index in [4.69, 9.17) is 11.6 Å². The van der Waals surface area contributed by atoms with Gasteiger partial charge in [-0.25, -0.2) is 0 Å². The monoisotopic (exact) mass is 328 g/mol. The number of halogens is 1. The lowest BCUT2D eigenvalue weighted by Crippen LogP contribution is -2.23. The van der Waals surface area contributed by atoms with Crippen molar-refractivity contribution in [3.05, 3.63) is 70.2 Å². The summed E-state index contributed by atoms with van der Waals surface area (Å²) in [6, 6.07) is 15.4. The molecule has 1 N–H and O–H groups in total. The molecule has 1 aliphatic rings. The summed E-state index contributed by atoms with van der Waals surface area (Å²) in [6.07, 6.45) is 2.60. The fraction of sp³-hybridized carbons (Fsp3) is 0.316. The molecule has 1 heterocycles. The highest BCUT2D eigenvalue weighted by Crippen LogP contribution is 2.14. The molecule has 120 valence electrons. The lowest BCUT2D eigenvalue weighted by atomic mass is 10.1. The minimum atomic E-state index is -0.0996. The molecule has 23 heavy (non-hydrogen) atoms. The van der Waals surface area contributed by atoms with E-state index in [-0.39, 0.29) is 5.91 Å². The van der Waals surface area contributed by atoms with Crippen LogP contribution < -0.4 is 5.32 Å². The Labute approximate surface area is 142 Å². The Morgan fingerprint density at radius 2 is 1.78 bits per heavy atom. The lowest BCUT2D eigenvalue weighted by Gasteiger charge is -2.15. The summed E-state index contributed by atoms with van der Waals surface area (Å²) in [5.41, 5.74) is 3.02. The molecule has 1 aliphatic heterocycles. The lowest BCUT2D eigenvalue weighted by molar-refractivity contribution is 0.0951. The zero-order valence-electron chi connectivity index (χ0n) is 13.1. The van der Waals surface area contributed by atoms with Gasteiger partial charge in [0, 0.05) is 23.7 Å². The van der Waals surface area contributed by atoms with Crippen molar-refractivity contribution in [3.8, 4) is 0 Å². The molecule has 1 saturated heterocycles. The third kappa shape index (κ3) is 4.57. The largest absolute Gasteiger partial charge is 0.348 e. The standard InChI is InChI=1S/C19H21ClN2O/c20-18-8-4-7-17(12-18)19(23)21-13-15-5-3-6-16(11-15)14-22-9-1-2-10-22/h3-8,11-12H,1-2,9-10,13-14H2,(H,21,23). The van der Waals surface area contributed by atoms with Gasteiger partial charge in [0.05, 0.1) is 0 Å². The van der Waals surface area contributed by atoms with Crippen LogP contribution in [0.15, 0.2) is 48.5 Å². The van der Waals surface area contributed by atoms with Crippen LogP contribution in [0.5, 0.6) is 0 Å². The first kappa shape index (κ1) is 16.0. The molecule has 0 spiro atoms. The minimum absolute atomic E-state index is 0.0996. The molecule has 0 saturated carbocycles. The van der Waals surface area contributed by atoms with Gasteiger partial charge in [0.1, 0.15) is 0 Å². The maximum absolute atomic E-state index is 12.2. The molecule has 1 amide bonds. The molecular weight excluding hydrogens is 308 g/mol. The second-order valence-electron chi connectivity index (χ2n) is 6.00. The van der Waals surface area contributed by atoms with Gasteiger partial charge in [-0.3, -0.25) is 9.69 Å². The molecule has 3 nitrogen and oxygen atoms in total. The number of rotatable bonds is 5. The van der Waals surface area contributed by atoms with E-state index in [0.29, 0.717) is 17.1 Å². The SMILES string of the molecule is O=C(NCc1cccc(CN2CCCC2)c1)c1cccc(Cl)c1. The molecule has 0 radical (unpaired) electrons. The number of amides is 1. The normalized spacial score (nSPS) is 14.8. The third-order valence-electron chi connectivity index (χ3n) is 4.14. The van der Waals surface area contributed by atoms with E-state index in [9.17, 15) is 4.79 Å². The molecule has 1 fully saturated rings. The second-order valence-corrected chi connectivity index (χ2v) is 6.43. The number of nitrogens with one attached hydrogen (secondary N) is 1. The molecule has 2 aromatic rings. The summed E-state index contributed by atoms with van der Waals surface area (Å²) < 4.78 is 0. The van der Waals surface area contributed by atoms with Crippen LogP contribution >= 0.6 is 11.6 Å². The van der Waals surface area contributed by atoms with E-state index in [1.165, 1.54) is 31.5 Å². The van der Waals surface area contributed by atoms with Crippen molar-refractivity contribution in [1.29, 1.82) is 0 Å². The van der Waals surface area contributed by atoms with Crippen molar-refractivity contribution in [2.24, 2.45) is 0 Å². The van der Waals surface area contributed by atoms with Crippen LogP contribution in [-0.2, 0) is 13.1 Å². The van der Waals surface area contributed by atoms with Crippen LogP contribution in [0.3, 0.4) is 0 Å². The van der Waals surface area contributed by atoms with Gasteiger partial charge in [-0.15, -0.1) is 0 Å². The van der Waals surface area contributed by atoms with Gasteiger partial charge in [0.2, 0.25) is 0 Å². The predicted octanol–water partition coefficient (Wildman–Crippen LogP) is 3.87. The Balaban J connectivity index is 1.58. The average molecular weight is 329 g/mol. The predicted molar refractivity (Wildman–Crippen MR) is 93.6 cm³/mol. The number of hydrogen-bond acceptors (Lipinski definition) is 2. The van der Waals surface area contributed by atoms with Gasteiger partial charge < -0.3 is 5.32 Å². The molecule has 0 aliphatic carbocycles. The van der Waals surface area contributed by atoms with Crippen LogP contribution in [0, 0.1) is 0 Å². The van der Waals surface area contributed by atoms with Gasteiger partial charge in [-0.2, -0.15) is 0 Å². The minimum Gasteiger partial charge on any atom is -0.348 e. The molecule has 0 bridgehead atoms. The maximum Gasteiger partial charge on any atom is 0.251 e. The van der Waals surface area contributed by atoms with Crippen molar-refractivity contribution >= 4 is 17.5 Å². The topological polar surface area (TPSA) is 32.3 Å². The molecule has 3 rings (SSSR count). The zero-order valence-corrected chi connectivity index (χ0v) is 13.9. The Morgan fingerprint density at radius 3 is 2.57 bits per heavy atom. The second kappa shape index (κ2) is 7.62. The number of benzene rings is 2. The van der Waals surface area contributed by atoms with Crippen LogP contribution in [-0.4, -0.2) is 23.9 Å². The summed E-state index contributed by atoms with van der Waals surface area (Å²) in [7, 11) is 0. The summed E-state index contributed by atoms with van der Waals surface area (Å²) in [4.78, 5) is 14.6. The highest BCUT2D eigenvalue weighted by atomic mass is 35.5. The number of nitrogens with zero attached hydrogens (tertiary/aromatic N) is 1. The smallest absolute Gasteiger partial charge is 0.251 e. The van der Waals surface area contributed by atoms with Crippen molar-refractivity contribution in [1.82, 2.24) is 10.2 Å². The van der Waals surface area contributed by atoms with Gasteiger partial charge in [-0.05, 0) is 55.3 Å². The van der Waals surface area contributed by atoms with E-state index in [1.807, 2.05) is 6.07 Å². The first-order valence-electron chi connectivity index (χ1n) is 8.05. The average Bonchev–Trinajstić information content (AvgIpc) is 3.06. The number of hydrogen-bond donors (Lipinski definition) is 1. The van der Waals surface area contributed by atoms with Crippen molar-refractivity contribution < 1.29 is 4.79 Å². The van der Waals surface area contributed by atoms with Gasteiger partial charge in [0.15, 0.2) is 0 Å². The Morgan fingerprint density at radius 1 is 1.04 bits per heavy atom. The summed E-state index contributed by atoms with van der Waals surface area (Å²) >= 11 is 5.92. The molecule has 4 heteroatoms. The summed E-state index contributed by atoms with van der Waals surface area (Å²) in [5.74, 6) is -0.0996. The zero-order chi connectivity index (χ0) is 16.1. The molecule has 0 unspecified atom stereocenters. The number of likely N-dealkylation sites (tertiary alicyclic amines) is 1. The maximum atomic E-state index is 12.2. The quantitative estimate of drug-likeness (QED) is 0.903. The van der Waals surface area contributed by atoms with Crippen LogP contribution in [0.1, 0.15) is 34.3 Å². The highest BCUT2D eigenvalue weighted by Gasteiger charge is 2.12. The van der Waals surface area contributed by atoms with Gasteiger partial charge in [-0.1, -0.05) is 41.9 Å². The number of carbonyl (C=O) groups is 1. The Bertz CT molecular complexity index is 681. The van der Waals surface area contributed by atoms with E-state index in [2.05, 4.69) is 28.4 Å². The fourth-order valence-corrected chi connectivity index (χ4v) is 3.14. The van der Waals surface area contributed by atoms with E-state index < -0.39 is 0 Å². The van der Waals surface area contributed by atoms with E-state index >= 15 is 0 Å². The Kier molecular flexibility index (Phi) is 5.31. The van der Waals surface area contributed by atoms with E-state index in [0.717, 1.165) is 12.1 Å². The molecular formula is C19H21ClN2O. The van der Waals surface area contributed by atoms with Crippen LogP contribution in [0.2, 0.25) is 5.02 Å². The fourth-order valence-electron chi connectivity index (χ4n) is 2.95. The first-order valence-corrected chi connectivity index (χ1v) is 8.42. The van der Waals surface area contributed by atoms with Crippen molar-refractivity contribution in [3.63, 3.8) is 0 Å². The van der Waals surface area contributed by atoms with E-state index in [1.54, 1.807) is 24.3 Å². The molecule has 0 atom stereocenters. The third-order valence-corrected chi connectivity index (χ3v) is 4.37. The highest BCUT2D eigenvalue weighted by molar-refractivity contribution is 6.30. The number of carbonyl (C=O) groups excluding carboxylic acids is 1. The van der Waals surface area contributed by atoms with Gasteiger partial charge in [0.25, 0.3) is 5.91 Å². The van der Waals surface area contributed by atoms with Crippen molar-refractivity contribution in [2.75, 3.05) is 13.1 Å². The summed E-state index contributed by atoms with van der Waals surface area (Å²) in [5, 5.41) is 3.53. The van der Waals surface area contributed by atoms with Crippen LogP contribution in [0.25, 0.3) is 0 Å². The van der Waals surface area contributed by atoms with Crippen LogP contribution in [0.4, 0.5) is 0 Å². The van der Waals surface area contributed by atoms with Crippen molar-refractivity contribution in [2.45, 2.75) is 25.9 Å². The van der Waals surface area contributed by atoms with Gasteiger partial charge >= 0.3 is 0 Å².